The number of aryl methyl sites for hydroxylation is 2. The first-order valence-electron chi connectivity index (χ1n) is 11.3. The number of carbonyl (C=O) groups is 1. The average Bonchev–Trinajstić information content (AvgIpc) is 2.80. The number of benzene rings is 3. The number of amides is 1. The SMILES string of the molecule is CCC(Oc1ccc2ccccc2c1)C(=O)NC(CC)c1ccc2c(c1)CCCC2. The number of fused-ring (bicyclic) bond motifs is 2. The molecule has 156 valence electrons. The first-order valence-corrected chi connectivity index (χ1v) is 11.3. The van der Waals surface area contributed by atoms with Gasteiger partial charge in [0.2, 0.25) is 0 Å². The highest BCUT2D eigenvalue weighted by molar-refractivity contribution is 5.84. The molecule has 2 atom stereocenters. The minimum absolute atomic E-state index is 0.0129. The lowest BCUT2D eigenvalue weighted by Crippen LogP contribution is -2.40. The normalized spacial score (nSPS) is 15.3. The Bertz CT molecular complexity index is 1030. The molecule has 1 aliphatic rings. The quantitative estimate of drug-likeness (QED) is 0.516. The molecule has 0 heterocycles. The smallest absolute Gasteiger partial charge is 0.261 e. The molecule has 3 heteroatoms. The average molecular weight is 402 g/mol. The van der Waals surface area contributed by atoms with Gasteiger partial charge in [0.15, 0.2) is 6.10 Å². The van der Waals surface area contributed by atoms with E-state index in [1.165, 1.54) is 41.3 Å². The van der Waals surface area contributed by atoms with Gasteiger partial charge in [-0.15, -0.1) is 0 Å². The largest absolute Gasteiger partial charge is 0.481 e. The fourth-order valence-electron chi connectivity index (χ4n) is 4.38. The lowest BCUT2D eigenvalue weighted by atomic mass is 9.88. The summed E-state index contributed by atoms with van der Waals surface area (Å²) in [7, 11) is 0. The Morgan fingerprint density at radius 1 is 0.900 bits per heavy atom. The van der Waals surface area contributed by atoms with Crippen LogP contribution in [-0.4, -0.2) is 12.0 Å². The van der Waals surface area contributed by atoms with Gasteiger partial charge in [-0.05, 0) is 78.1 Å². The third-order valence-electron chi connectivity index (χ3n) is 6.16. The summed E-state index contributed by atoms with van der Waals surface area (Å²) >= 11 is 0. The molecular formula is C27H31NO2. The van der Waals surface area contributed by atoms with Crippen LogP contribution >= 0.6 is 0 Å². The Labute approximate surface area is 179 Å². The van der Waals surface area contributed by atoms with Gasteiger partial charge in [-0.1, -0.05) is 62.4 Å². The maximum Gasteiger partial charge on any atom is 0.261 e. The van der Waals surface area contributed by atoms with E-state index in [9.17, 15) is 4.79 Å². The van der Waals surface area contributed by atoms with Crippen molar-refractivity contribution >= 4 is 16.7 Å². The van der Waals surface area contributed by atoms with Crippen molar-refractivity contribution in [2.24, 2.45) is 0 Å². The van der Waals surface area contributed by atoms with Crippen LogP contribution in [0.15, 0.2) is 60.7 Å². The van der Waals surface area contributed by atoms with E-state index in [0.717, 1.165) is 24.0 Å². The van der Waals surface area contributed by atoms with E-state index in [-0.39, 0.29) is 11.9 Å². The van der Waals surface area contributed by atoms with Crippen molar-refractivity contribution in [2.45, 2.75) is 64.5 Å². The van der Waals surface area contributed by atoms with Crippen LogP contribution in [0.5, 0.6) is 5.75 Å². The second kappa shape index (κ2) is 9.34. The van der Waals surface area contributed by atoms with Gasteiger partial charge in [0.1, 0.15) is 5.75 Å². The standard InChI is InChI=1S/C27H31NO2/c1-3-25(23-14-13-19-9-5-7-11-21(19)17-23)28-27(29)26(4-2)30-24-16-15-20-10-6-8-12-22(20)18-24/h6,8,10,12-18,25-26H,3-5,7,9,11H2,1-2H3,(H,28,29). The maximum atomic E-state index is 13.0. The third-order valence-corrected chi connectivity index (χ3v) is 6.16. The van der Waals surface area contributed by atoms with Crippen LogP contribution in [-0.2, 0) is 17.6 Å². The lowest BCUT2D eigenvalue weighted by molar-refractivity contribution is -0.128. The van der Waals surface area contributed by atoms with Crippen LogP contribution < -0.4 is 10.1 Å². The summed E-state index contributed by atoms with van der Waals surface area (Å²) in [5, 5.41) is 5.52. The molecular weight excluding hydrogens is 370 g/mol. The van der Waals surface area contributed by atoms with Gasteiger partial charge < -0.3 is 10.1 Å². The Morgan fingerprint density at radius 2 is 1.67 bits per heavy atom. The Balaban J connectivity index is 1.47. The molecule has 0 bridgehead atoms. The van der Waals surface area contributed by atoms with E-state index in [0.29, 0.717) is 6.42 Å². The first kappa shape index (κ1) is 20.5. The number of ether oxygens (including phenoxy) is 1. The van der Waals surface area contributed by atoms with E-state index in [1.54, 1.807) is 0 Å². The van der Waals surface area contributed by atoms with Crippen molar-refractivity contribution in [3.63, 3.8) is 0 Å². The minimum Gasteiger partial charge on any atom is -0.481 e. The molecule has 1 amide bonds. The summed E-state index contributed by atoms with van der Waals surface area (Å²) < 4.78 is 6.09. The lowest BCUT2D eigenvalue weighted by Gasteiger charge is -2.24. The summed E-state index contributed by atoms with van der Waals surface area (Å²) in [6.07, 6.45) is 5.85. The van der Waals surface area contributed by atoms with Crippen LogP contribution in [0, 0.1) is 0 Å². The topological polar surface area (TPSA) is 38.3 Å². The minimum atomic E-state index is -0.502. The zero-order valence-corrected chi connectivity index (χ0v) is 18.0. The molecule has 0 aliphatic heterocycles. The van der Waals surface area contributed by atoms with Gasteiger partial charge in [-0.2, -0.15) is 0 Å². The Hall–Kier alpha value is -2.81. The molecule has 0 aromatic heterocycles. The molecule has 1 aliphatic carbocycles. The number of carbonyl (C=O) groups excluding carboxylic acids is 1. The van der Waals surface area contributed by atoms with Crippen molar-refractivity contribution in [3.8, 4) is 5.75 Å². The monoisotopic (exact) mass is 401 g/mol. The summed E-state index contributed by atoms with van der Waals surface area (Å²) in [6, 6.07) is 20.9. The number of rotatable bonds is 7. The summed E-state index contributed by atoms with van der Waals surface area (Å²) in [5.74, 6) is 0.688. The number of hydrogen-bond donors (Lipinski definition) is 1. The molecule has 0 radical (unpaired) electrons. The number of hydrogen-bond acceptors (Lipinski definition) is 2. The van der Waals surface area contributed by atoms with Gasteiger partial charge >= 0.3 is 0 Å². The van der Waals surface area contributed by atoms with Crippen LogP contribution in [0.4, 0.5) is 0 Å². The summed E-state index contributed by atoms with van der Waals surface area (Å²) in [6.45, 7) is 4.11. The van der Waals surface area contributed by atoms with Gasteiger partial charge in [-0.3, -0.25) is 4.79 Å². The van der Waals surface area contributed by atoms with Crippen molar-refractivity contribution in [1.82, 2.24) is 5.32 Å². The van der Waals surface area contributed by atoms with Gasteiger partial charge in [0, 0.05) is 0 Å². The molecule has 0 saturated heterocycles. The zero-order valence-electron chi connectivity index (χ0n) is 18.0. The fraction of sp³-hybridized carbons (Fsp3) is 0.370. The molecule has 4 rings (SSSR count). The number of nitrogens with one attached hydrogen (secondary N) is 1. The molecule has 3 aromatic carbocycles. The summed E-state index contributed by atoms with van der Waals surface area (Å²) in [5.41, 5.74) is 4.12. The van der Waals surface area contributed by atoms with Crippen molar-refractivity contribution in [1.29, 1.82) is 0 Å². The van der Waals surface area contributed by atoms with E-state index >= 15 is 0 Å². The zero-order chi connectivity index (χ0) is 20.9. The van der Waals surface area contributed by atoms with Crippen LogP contribution in [0.2, 0.25) is 0 Å². The molecule has 3 aromatic rings. The Kier molecular flexibility index (Phi) is 6.37. The third kappa shape index (κ3) is 4.51. The Morgan fingerprint density at radius 3 is 2.43 bits per heavy atom. The van der Waals surface area contributed by atoms with Crippen molar-refractivity contribution in [2.75, 3.05) is 0 Å². The molecule has 2 unspecified atom stereocenters. The predicted octanol–water partition coefficient (Wildman–Crippen LogP) is 6.14. The molecule has 3 nitrogen and oxygen atoms in total. The van der Waals surface area contributed by atoms with Crippen LogP contribution in [0.1, 0.15) is 62.3 Å². The molecule has 0 fully saturated rings. The van der Waals surface area contributed by atoms with E-state index in [4.69, 9.17) is 4.74 Å². The highest BCUT2D eigenvalue weighted by Gasteiger charge is 2.23. The fourth-order valence-corrected chi connectivity index (χ4v) is 4.38. The van der Waals surface area contributed by atoms with Gasteiger partial charge in [-0.25, -0.2) is 0 Å². The molecule has 0 spiro atoms. The van der Waals surface area contributed by atoms with Crippen molar-refractivity contribution in [3.05, 3.63) is 77.4 Å². The van der Waals surface area contributed by atoms with Gasteiger partial charge in [0.25, 0.3) is 5.91 Å². The van der Waals surface area contributed by atoms with E-state index in [2.05, 4.69) is 42.6 Å². The first-order chi connectivity index (χ1) is 14.7. The molecule has 1 N–H and O–H groups in total. The highest BCUT2D eigenvalue weighted by Crippen LogP contribution is 2.27. The van der Waals surface area contributed by atoms with Gasteiger partial charge in [0.05, 0.1) is 6.04 Å². The van der Waals surface area contributed by atoms with E-state index in [1.807, 2.05) is 37.3 Å². The predicted molar refractivity (Wildman–Crippen MR) is 123 cm³/mol. The van der Waals surface area contributed by atoms with E-state index < -0.39 is 6.10 Å². The molecule has 30 heavy (non-hydrogen) atoms. The van der Waals surface area contributed by atoms with Crippen LogP contribution in [0.25, 0.3) is 10.8 Å². The second-order valence-electron chi connectivity index (χ2n) is 8.23. The van der Waals surface area contributed by atoms with Crippen LogP contribution in [0.3, 0.4) is 0 Å². The highest BCUT2D eigenvalue weighted by atomic mass is 16.5. The second-order valence-corrected chi connectivity index (χ2v) is 8.23. The maximum absolute atomic E-state index is 13.0. The molecule has 0 saturated carbocycles. The van der Waals surface area contributed by atoms with Crippen molar-refractivity contribution < 1.29 is 9.53 Å². The summed E-state index contributed by atoms with van der Waals surface area (Å²) in [4.78, 5) is 13.0.